The van der Waals surface area contributed by atoms with Crippen LogP contribution in [0, 0.1) is 0 Å². The summed E-state index contributed by atoms with van der Waals surface area (Å²) >= 11 is 0. The Bertz CT molecular complexity index is 601. The molecule has 1 aliphatic rings. The second-order valence-corrected chi connectivity index (χ2v) is 8.91. The molecule has 0 aliphatic heterocycles. The predicted octanol–water partition coefficient (Wildman–Crippen LogP) is 0.478. The molecule has 21 heavy (non-hydrogen) atoms. The van der Waals surface area contributed by atoms with E-state index in [9.17, 15) is 14.2 Å². The summed E-state index contributed by atoms with van der Waals surface area (Å²) in [7, 11) is -9.94. The average Bonchev–Trinajstić information content (AvgIpc) is 2.33. The van der Waals surface area contributed by atoms with Crippen molar-refractivity contribution >= 4 is 15.2 Å². The number of hydrogen-bond acceptors (Lipinski definition) is 4. The Morgan fingerprint density at radius 3 is 2.29 bits per heavy atom. The lowest BCUT2D eigenvalue weighted by Crippen LogP contribution is -2.41. The van der Waals surface area contributed by atoms with Gasteiger partial charge in [-0.3, -0.25) is 14.4 Å². The summed E-state index contributed by atoms with van der Waals surface area (Å²) in [4.78, 5) is 36.4. The maximum atomic E-state index is 11.2. The van der Waals surface area contributed by atoms with Crippen molar-refractivity contribution in [2.45, 2.75) is 30.8 Å². The zero-order chi connectivity index (χ0) is 15.8. The Morgan fingerprint density at radius 2 is 1.71 bits per heavy atom. The molecule has 0 spiro atoms. The molecule has 8 nitrogen and oxygen atoms in total. The van der Waals surface area contributed by atoms with E-state index in [2.05, 4.69) is 5.32 Å². The van der Waals surface area contributed by atoms with Crippen LogP contribution in [0.1, 0.15) is 17.5 Å². The van der Waals surface area contributed by atoms with E-state index in [1.807, 2.05) is 0 Å². The first-order valence-electron chi connectivity index (χ1n) is 6.24. The highest BCUT2D eigenvalue weighted by Crippen LogP contribution is 2.58. The topological polar surface area (TPSA) is 147 Å². The van der Waals surface area contributed by atoms with E-state index in [1.165, 1.54) is 6.07 Å². The molecule has 0 heterocycles. The molecule has 1 aliphatic carbocycles. The Labute approximate surface area is 121 Å². The average molecular weight is 337 g/mol. The highest BCUT2D eigenvalue weighted by atomic mass is 31.2. The minimum absolute atomic E-state index is 0.142. The van der Waals surface area contributed by atoms with E-state index >= 15 is 0 Å². The van der Waals surface area contributed by atoms with Crippen LogP contribution in [-0.4, -0.2) is 36.2 Å². The van der Waals surface area contributed by atoms with Gasteiger partial charge < -0.3 is 24.7 Å². The Kier molecular flexibility index (Phi) is 4.61. The summed E-state index contributed by atoms with van der Waals surface area (Å²) in [5.41, 5.74) is -0.377. The first-order valence-corrected chi connectivity index (χ1v) is 9.61. The molecule has 0 saturated carbocycles. The zero-order valence-corrected chi connectivity index (χ0v) is 12.7. The van der Waals surface area contributed by atoms with Crippen LogP contribution < -0.4 is 5.32 Å². The molecule has 0 aromatic heterocycles. The number of hydrogen-bond donors (Lipinski definition) is 6. The van der Waals surface area contributed by atoms with Gasteiger partial charge in [0.2, 0.25) is 5.52 Å². The minimum Gasteiger partial charge on any atom is -0.508 e. The van der Waals surface area contributed by atoms with Crippen LogP contribution >= 0.6 is 15.2 Å². The van der Waals surface area contributed by atoms with Crippen LogP contribution in [0.25, 0.3) is 0 Å². The molecule has 1 atom stereocenters. The number of aryl methyl sites for hydroxylation is 1. The van der Waals surface area contributed by atoms with Gasteiger partial charge in [0.1, 0.15) is 5.75 Å². The van der Waals surface area contributed by atoms with Crippen molar-refractivity contribution < 1.29 is 33.8 Å². The zero-order valence-electron chi connectivity index (χ0n) is 11.0. The number of rotatable bonds is 4. The van der Waals surface area contributed by atoms with Crippen LogP contribution in [0.2, 0.25) is 0 Å². The van der Waals surface area contributed by atoms with Gasteiger partial charge in [0.05, 0.1) is 0 Å². The number of phenolic OH excluding ortho intramolecular Hbond substituents is 1. The second kappa shape index (κ2) is 5.82. The smallest absolute Gasteiger partial charge is 0.354 e. The van der Waals surface area contributed by atoms with Gasteiger partial charge in [-0.25, -0.2) is 0 Å². The van der Waals surface area contributed by atoms with Crippen LogP contribution in [0.4, 0.5) is 0 Å². The van der Waals surface area contributed by atoms with Crippen molar-refractivity contribution in [3.05, 3.63) is 29.3 Å². The van der Waals surface area contributed by atoms with E-state index < -0.39 is 26.8 Å². The Morgan fingerprint density at radius 1 is 1.10 bits per heavy atom. The number of benzene rings is 1. The van der Waals surface area contributed by atoms with E-state index in [1.54, 1.807) is 12.1 Å². The van der Waals surface area contributed by atoms with Gasteiger partial charge in [0.25, 0.3) is 0 Å². The van der Waals surface area contributed by atoms with E-state index in [4.69, 9.17) is 19.6 Å². The molecule has 1 aromatic carbocycles. The predicted molar refractivity (Wildman–Crippen MR) is 74.9 cm³/mol. The number of phenols is 1. The van der Waals surface area contributed by atoms with Crippen LogP contribution in [-0.2, 0) is 22.0 Å². The fraction of sp³-hybridized carbons (Fsp3) is 0.455. The van der Waals surface area contributed by atoms with Crippen molar-refractivity contribution in [2.75, 3.05) is 0 Å². The summed E-state index contributed by atoms with van der Waals surface area (Å²) in [5, 5.41) is 11.8. The van der Waals surface area contributed by atoms with Crippen molar-refractivity contribution in [2.24, 2.45) is 0 Å². The molecule has 10 heteroatoms. The van der Waals surface area contributed by atoms with Gasteiger partial charge in [-0.15, -0.1) is 0 Å². The summed E-state index contributed by atoms with van der Waals surface area (Å²) in [6.07, 6.45) is 1.40. The molecule has 0 bridgehead atoms. The molecule has 1 aromatic rings. The minimum atomic E-state index is -4.97. The standard InChI is InChI=1S/C11H17NO7P2/c13-10-4-2-7-5-9(3-1-8(7)6-10)12-11(20(14,15)16)21(17,18)19/h2,4,6,9,11-13H,1,3,5H2,(H2,14,15,16)(H2,17,18,19). The lowest BCUT2D eigenvalue weighted by molar-refractivity contribution is 0.315. The first-order chi connectivity index (χ1) is 9.57. The van der Waals surface area contributed by atoms with Crippen LogP contribution in [0.5, 0.6) is 5.75 Å². The first kappa shape index (κ1) is 16.6. The molecule has 2 rings (SSSR count). The third-order valence-corrected chi connectivity index (χ3v) is 6.82. The molecule has 0 saturated heterocycles. The largest absolute Gasteiger partial charge is 0.508 e. The maximum Gasteiger partial charge on any atom is 0.354 e. The number of aromatic hydroxyl groups is 1. The third-order valence-electron chi connectivity index (χ3n) is 3.44. The fourth-order valence-electron chi connectivity index (χ4n) is 2.48. The number of fused-ring (bicyclic) bond motifs is 1. The molecule has 0 amide bonds. The normalized spacial score (nSPS) is 19.6. The van der Waals surface area contributed by atoms with Gasteiger partial charge in [-0.05, 0) is 42.5 Å². The molecule has 118 valence electrons. The summed E-state index contributed by atoms with van der Waals surface area (Å²) in [5.74, 6) is 0.142. The van der Waals surface area contributed by atoms with Crippen molar-refractivity contribution in [1.29, 1.82) is 0 Å². The molecule has 6 N–H and O–H groups in total. The Hall–Kier alpha value is -0.720. The summed E-state index contributed by atoms with van der Waals surface area (Å²) in [6, 6.07) is 4.37. The molecule has 0 fully saturated rings. The quantitative estimate of drug-likeness (QED) is 0.435. The van der Waals surface area contributed by atoms with Crippen molar-refractivity contribution in [1.82, 2.24) is 5.32 Å². The van der Waals surface area contributed by atoms with E-state index in [0.717, 1.165) is 11.1 Å². The number of nitrogens with one attached hydrogen (secondary N) is 1. The third kappa shape index (κ3) is 4.14. The summed E-state index contributed by atoms with van der Waals surface area (Å²) in [6.45, 7) is 0. The highest BCUT2D eigenvalue weighted by molar-refractivity contribution is 7.70. The molecule has 1 unspecified atom stereocenters. The SMILES string of the molecule is O=P(O)(O)C(NC1CCc2cc(O)ccc2C1)P(=O)(O)O. The van der Waals surface area contributed by atoms with Gasteiger partial charge in [-0.2, -0.15) is 0 Å². The highest BCUT2D eigenvalue weighted by Gasteiger charge is 2.44. The molecular weight excluding hydrogens is 320 g/mol. The maximum absolute atomic E-state index is 11.2. The second-order valence-electron chi connectivity index (χ2n) is 5.11. The van der Waals surface area contributed by atoms with E-state index in [-0.39, 0.29) is 5.75 Å². The summed E-state index contributed by atoms with van der Waals surface area (Å²) < 4.78 is 22.5. The molecular formula is C11H17NO7P2. The van der Waals surface area contributed by atoms with Crippen LogP contribution in [0.3, 0.4) is 0 Å². The monoisotopic (exact) mass is 337 g/mol. The lowest BCUT2D eigenvalue weighted by Gasteiger charge is -2.30. The van der Waals surface area contributed by atoms with Gasteiger partial charge in [0.15, 0.2) is 0 Å². The van der Waals surface area contributed by atoms with Gasteiger partial charge >= 0.3 is 15.2 Å². The van der Waals surface area contributed by atoms with Gasteiger partial charge in [-0.1, -0.05) is 6.07 Å². The van der Waals surface area contributed by atoms with Crippen molar-refractivity contribution in [3.8, 4) is 5.75 Å². The van der Waals surface area contributed by atoms with E-state index in [0.29, 0.717) is 19.3 Å². The van der Waals surface area contributed by atoms with Gasteiger partial charge in [0, 0.05) is 6.04 Å². The lowest BCUT2D eigenvalue weighted by atomic mass is 9.88. The fourth-order valence-corrected chi connectivity index (χ4v) is 4.86. The Balaban J connectivity index is 2.16. The molecule has 0 radical (unpaired) electrons. The van der Waals surface area contributed by atoms with Crippen molar-refractivity contribution in [3.63, 3.8) is 0 Å². The van der Waals surface area contributed by atoms with Crippen LogP contribution in [0.15, 0.2) is 18.2 Å².